The molecule has 3 rings (SSSR count). The summed E-state index contributed by atoms with van der Waals surface area (Å²) < 4.78 is 1.81. The first-order chi connectivity index (χ1) is 8.84. The lowest BCUT2D eigenvalue weighted by atomic mass is 9.99. The number of hydrogen-bond acceptors (Lipinski definition) is 4. The first-order valence-corrected chi connectivity index (χ1v) is 6.71. The molecule has 2 fully saturated rings. The van der Waals surface area contributed by atoms with E-state index < -0.39 is 0 Å². The number of nitrogens with one attached hydrogen (secondary N) is 1. The smallest absolute Gasteiger partial charge is 0.224 e. The topological polar surface area (TPSA) is 63.1 Å². The Balaban J connectivity index is 1.52. The first-order valence-electron chi connectivity index (χ1n) is 6.71. The van der Waals surface area contributed by atoms with Gasteiger partial charge in [-0.05, 0) is 19.3 Å². The van der Waals surface area contributed by atoms with E-state index in [2.05, 4.69) is 20.5 Å². The van der Waals surface area contributed by atoms with Gasteiger partial charge >= 0.3 is 0 Å². The summed E-state index contributed by atoms with van der Waals surface area (Å²) in [6.07, 6.45) is 7.74. The van der Waals surface area contributed by atoms with Crippen molar-refractivity contribution in [1.82, 2.24) is 25.2 Å². The van der Waals surface area contributed by atoms with Crippen molar-refractivity contribution in [2.45, 2.75) is 44.3 Å². The van der Waals surface area contributed by atoms with Crippen LogP contribution in [0.1, 0.15) is 25.7 Å². The van der Waals surface area contributed by atoms with Crippen LogP contribution in [0.2, 0.25) is 0 Å². The molecule has 2 aliphatic rings. The summed E-state index contributed by atoms with van der Waals surface area (Å²) in [6, 6.07) is 0.739. The summed E-state index contributed by atoms with van der Waals surface area (Å²) >= 11 is 0. The van der Waals surface area contributed by atoms with Crippen LogP contribution in [0.15, 0.2) is 12.4 Å². The molecule has 1 amide bonds. The number of rotatable bonds is 4. The molecule has 6 heteroatoms. The molecule has 0 spiro atoms. The minimum absolute atomic E-state index is 0.318. The minimum atomic E-state index is 0.318. The van der Waals surface area contributed by atoms with Crippen molar-refractivity contribution >= 4 is 5.91 Å². The first kappa shape index (κ1) is 11.6. The number of fused-ring (bicyclic) bond motifs is 1. The number of amides is 1. The van der Waals surface area contributed by atoms with E-state index in [1.807, 2.05) is 10.9 Å². The predicted octanol–water partition coefficient (Wildman–Crippen LogP) is 0.0211. The summed E-state index contributed by atoms with van der Waals surface area (Å²) in [5.74, 6) is 0.318. The van der Waals surface area contributed by atoms with Gasteiger partial charge in [0.25, 0.3) is 0 Å². The van der Waals surface area contributed by atoms with E-state index in [1.54, 1.807) is 6.20 Å². The molecule has 2 saturated heterocycles. The van der Waals surface area contributed by atoms with Crippen LogP contribution in [0.3, 0.4) is 0 Å². The van der Waals surface area contributed by atoms with Gasteiger partial charge in [0.1, 0.15) is 0 Å². The van der Waals surface area contributed by atoms with E-state index in [4.69, 9.17) is 0 Å². The maximum Gasteiger partial charge on any atom is 0.224 e. The van der Waals surface area contributed by atoms with Crippen molar-refractivity contribution in [2.24, 2.45) is 0 Å². The van der Waals surface area contributed by atoms with Gasteiger partial charge < -0.3 is 10.2 Å². The van der Waals surface area contributed by atoms with Gasteiger partial charge in [0.15, 0.2) is 0 Å². The Labute approximate surface area is 106 Å². The van der Waals surface area contributed by atoms with Crippen molar-refractivity contribution in [2.75, 3.05) is 13.1 Å². The molecule has 1 aromatic heterocycles. The van der Waals surface area contributed by atoms with Crippen molar-refractivity contribution in [3.05, 3.63) is 12.4 Å². The molecule has 2 unspecified atom stereocenters. The van der Waals surface area contributed by atoms with Crippen LogP contribution in [0.4, 0.5) is 0 Å². The zero-order chi connectivity index (χ0) is 12.4. The fraction of sp³-hybridized carbons (Fsp3) is 0.750. The molecule has 18 heavy (non-hydrogen) atoms. The largest absolute Gasteiger partial charge is 0.338 e. The van der Waals surface area contributed by atoms with Crippen LogP contribution in [0, 0.1) is 0 Å². The summed E-state index contributed by atoms with van der Waals surface area (Å²) in [5.41, 5.74) is 0. The lowest BCUT2D eigenvalue weighted by molar-refractivity contribution is -0.129. The summed E-state index contributed by atoms with van der Waals surface area (Å²) in [4.78, 5) is 13.9. The number of carbonyl (C=O) groups excluding carboxylic acids is 1. The number of piperidine rings is 1. The molecular formula is C12H19N5O. The monoisotopic (exact) mass is 249 g/mol. The Kier molecular flexibility index (Phi) is 3.27. The Morgan fingerprint density at radius 1 is 1.44 bits per heavy atom. The van der Waals surface area contributed by atoms with Crippen LogP contribution in [-0.4, -0.2) is 51.0 Å². The molecule has 98 valence electrons. The van der Waals surface area contributed by atoms with Gasteiger partial charge in [0.2, 0.25) is 5.91 Å². The molecule has 0 radical (unpaired) electrons. The third-order valence-electron chi connectivity index (χ3n) is 3.95. The number of hydrogen-bond donors (Lipinski definition) is 1. The second-order valence-electron chi connectivity index (χ2n) is 5.08. The van der Waals surface area contributed by atoms with Gasteiger partial charge in [-0.1, -0.05) is 5.21 Å². The van der Waals surface area contributed by atoms with Crippen LogP contribution in [-0.2, 0) is 11.3 Å². The fourth-order valence-corrected chi connectivity index (χ4v) is 3.05. The van der Waals surface area contributed by atoms with Crippen molar-refractivity contribution in [3.63, 3.8) is 0 Å². The third kappa shape index (κ3) is 2.25. The summed E-state index contributed by atoms with van der Waals surface area (Å²) in [6.45, 7) is 2.59. The van der Waals surface area contributed by atoms with E-state index in [1.165, 1.54) is 6.42 Å². The SMILES string of the molecule is O=C1CC(NCCn2ccnn2)C2CCCCN12. The van der Waals surface area contributed by atoms with Gasteiger partial charge in [0.05, 0.1) is 12.7 Å². The molecule has 6 nitrogen and oxygen atoms in total. The zero-order valence-electron chi connectivity index (χ0n) is 10.5. The van der Waals surface area contributed by atoms with Gasteiger partial charge in [-0.3, -0.25) is 9.48 Å². The number of carbonyl (C=O) groups is 1. The Bertz CT molecular complexity index is 405. The second kappa shape index (κ2) is 5.06. The van der Waals surface area contributed by atoms with Crippen molar-refractivity contribution in [1.29, 1.82) is 0 Å². The lowest BCUT2D eigenvalue weighted by Crippen LogP contribution is -2.46. The molecule has 2 atom stereocenters. The molecule has 0 aliphatic carbocycles. The maximum atomic E-state index is 11.9. The molecular weight excluding hydrogens is 230 g/mol. The van der Waals surface area contributed by atoms with E-state index >= 15 is 0 Å². The van der Waals surface area contributed by atoms with Gasteiger partial charge in [0, 0.05) is 37.8 Å². The Morgan fingerprint density at radius 3 is 3.22 bits per heavy atom. The number of aromatic nitrogens is 3. The Morgan fingerprint density at radius 2 is 2.39 bits per heavy atom. The second-order valence-corrected chi connectivity index (χ2v) is 5.08. The highest BCUT2D eigenvalue weighted by Crippen LogP contribution is 2.27. The molecule has 0 aromatic carbocycles. The minimum Gasteiger partial charge on any atom is -0.338 e. The molecule has 1 aromatic rings. The van der Waals surface area contributed by atoms with Crippen LogP contribution in [0.5, 0.6) is 0 Å². The van der Waals surface area contributed by atoms with E-state index in [0.29, 0.717) is 24.4 Å². The van der Waals surface area contributed by atoms with Crippen molar-refractivity contribution in [3.8, 4) is 0 Å². The summed E-state index contributed by atoms with van der Waals surface area (Å²) in [7, 11) is 0. The van der Waals surface area contributed by atoms with E-state index in [9.17, 15) is 4.79 Å². The quantitative estimate of drug-likeness (QED) is 0.817. The molecule has 1 N–H and O–H groups in total. The summed E-state index contributed by atoms with van der Waals surface area (Å²) in [5, 5.41) is 11.2. The van der Waals surface area contributed by atoms with Gasteiger partial charge in [-0.2, -0.15) is 0 Å². The van der Waals surface area contributed by atoms with Crippen LogP contribution < -0.4 is 5.32 Å². The standard InChI is InChI=1S/C12H19N5O/c18-12-9-10(11-3-1-2-6-17(11)12)13-4-7-16-8-5-14-15-16/h5,8,10-11,13H,1-4,6-7,9H2. The van der Waals surface area contributed by atoms with E-state index in [0.717, 1.165) is 32.5 Å². The maximum absolute atomic E-state index is 11.9. The zero-order valence-corrected chi connectivity index (χ0v) is 10.5. The highest BCUT2D eigenvalue weighted by atomic mass is 16.2. The van der Waals surface area contributed by atoms with Crippen LogP contribution in [0.25, 0.3) is 0 Å². The Hall–Kier alpha value is -1.43. The predicted molar refractivity (Wildman–Crippen MR) is 65.8 cm³/mol. The molecule has 2 aliphatic heterocycles. The number of nitrogens with zero attached hydrogens (tertiary/aromatic N) is 4. The normalized spacial score (nSPS) is 27.6. The lowest BCUT2D eigenvalue weighted by Gasteiger charge is -2.32. The third-order valence-corrected chi connectivity index (χ3v) is 3.95. The molecule has 3 heterocycles. The fourth-order valence-electron chi connectivity index (χ4n) is 3.05. The van der Waals surface area contributed by atoms with Crippen molar-refractivity contribution < 1.29 is 4.79 Å². The van der Waals surface area contributed by atoms with Crippen LogP contribution >= 0.6 is 0 Å². The average molecular weight is 249 g/mol. The van der Waals surface area contributed by atoms with E-state index in [-0.39, 0.29) is 0 Å². The van der Waals surface area contributed by atoms with Gasteiger partial charge in [-0.25, -0.2) is 0 Å². The molecule has 0 saturated carbocycles. The highest BCUT2D eigenvalue weighted by Gasteiger charge is 2.40. The van der Waals surface area contributed by atoms with Gasteiger partial charge in [-0.15, -0.1) is 5.10 Å². The molecule has 0 bridgehead atoms. The highest BCUT2D eigenvalue weighted by molar-refractivity contribution is 5.80. The average Bonchev–Trinajstić information content (AvgIpc) is 3.00.